The molecule has 0 bridgehead atoms. The summed E-state index contributed by atoms with van der Waals surface area (Å²) >= 11 is 0. The normalized spacial score (nSPS) is 15.0. The summed E-state index contributed by atoms with van der Waals surface area (Å²) < 4.78 is 0. The third-order valence-corrected chi connectivity index (χ3v) is 3.39. The van der Waals surface area contributed by atoms with Crippen LogP contribution in [0.15, 0.2) is 36.5 Å². The van der Waals surface area contributed by atoms with Gasteiger partial charge in [0.2, 0.25) is 6.41 Å². The Bertz CT molecular complexity index is 507. The summed E-state index contributed by atoms with van der Waals surface area (Å²) in [6, 6.07) is 8.19. The Kier molecular flexibility index (Phi) is 5.34. The maximum Gasteiger partial charge on any atom is 0.251 e. The summed E-state index contributed by atoms with van der Waals surface area (Å²) in [4.78, 5) is 25.5. The highest BCUT2D eigenvalue weighted by atomic mass is 16.2. The van der Waals surface area contributed by atoms with Gasteiger partial charge in [-0.05, 0) is 24.3 Å². The minimum Gasteiger partial charge on any atom is -0.369 e. The molecule has 1 aromatic carbocycles. The van der Waals surface area contributed by atoms with Gasteiger partial charge in [-0.2, -0.15) is 0 Å². The molecular formula is C15H20N4O2. The number of piperazine rings is 1. The van der Waals surface area contributed by atoms with Gasteiger partial charge >= 0.3 is 0 Å². The zero-order chi connectivity index (χ0) is 15.1. The smallest absolute Gasteiger partial charge is 0.251 e. The van der Waals surface area contributed by atoms with E-state index in [-0.39, 0.29) is 0 Å². The Labute approximate surface area is 124 Å². The Morgan fingerprint density at radius 3 is 2.57 bits per heavy atom. The molecule has 21 heavy (non-hydrogen) atoms. The van der Waals surface area contributed by atoms with Crippen LogP contribution in [0.4, 0.5) is 11.4 Å². The molecular weight excluding hydrogens is 268 g/mol. The largest absolute Gasteiger partial charge is 0.369 e. The second-order valence-electron chi connectivity index (χ2n) is 4.81. The summed E-state index contributed by atoms with van der Waals surface area (Å²) in [7, 11) is 1.85. The Morgan fingerprint density at radius 1 is 1.29 bits per heavy atom. The molecule has 1 aliphatic heterocycles. The molecule has 112 valence electrons. The molecule has 0 atom stereocenters. The number of nitrogens with zero attached hydrogens (tertiary/aromatic N) is 2. The van der Waals surface area contributed by atoms with Gasteiger partial charge in [-0.15, -0.1) is 0 Å². The minimum atomic E-state index is -0.436. The van der Waals surface area contributed by atoms with Crippen LogP contribution in [0.5, 0.6) is 0 Å². The second-order valence-corrected chi connectivity index (χ2v) is 4.81. The third-order valence-electron chi connectivity index (χ3n) is 3.39. The van der Waals surface area contributed by atoms with Crippen LogP contribution in [0.1, 0.15) is 0 Å². The fraction of sp³-hybridized carbons (Fsp3) is 0.333. The lowest BCUT2D eigenvalue weighted by atomic mass is 10.2. The van der Waals surface area contributed by atoms with Crippen LogP contribution in [0.3, 0.4) is 0 Å². The standard InChI is InChI=1S/C15H20N4O2/c1-18(9-6-15(21)17-12-20)13-2-4-14(5-3-13)19-10-7-16-8-11-19/h2-6,9,12,16H,7-8,10-11H2,1H3,(H,17,20,21)/b9-6-. The van der Waals surface area contributed by atoms with Crippen LogP contribution in [0.25, 0.3) is 0 Å². The summed E-state index contributed by atoms with van der Waals surface area (Å²) in [6.45, 7) is 4.05. The van der Waals surface area contributed by atoms with E-state index in [4.69, 9.17) is 0 Å². The number of anilines is 2. The maximum atomic E-state index is 11.2. The highest BCUT2D eigenvalue weighted by molar-refractivity contribution is 5.94. The lowest BCUT2D eigenvalue weighted by Gasteiger charge is -2.29. The molecule has 0 saturated carbocycles. The van der Waals surface area contributed by atoms with Crippen molar-refractivity contribution in [3.05, 3.63) is 36.5 Å². The number of amides is 2. The lowest BCUT2D eigenvalue weighted by Crippen LogP contribution is -2.43. The number of imide groups is 1. The molecule has 2 rings (SSSR count). The van der Waals surface area contributed by atoms with E-state index in [1.165, 1.54) is 11.8 Å². The first-order chi connectivity index (χ1) is 10.2. The summed E-state index contributed by atoms with van der Waals surface area (Å²) in [6.07, 6.45) is 3.31. The minimum absolute atomic E-state index is 0.370. The Balaban J connectivity index is 1.97. The highest BCUT2D eigenvalue weighted by Gasteiger charge is 2.10. The van der Waals surface area contributed by atoms with Crippen molar-refractivity contribution >= 4 is 23.7 Å². The molecule has 0 aromatic heterocycles. The molecule has 1 saturated heterocycles. The molecule has 1 aromatic rings. The van der Waals surface area contributed by atoms with E-state index in [0.717, 1.165) is 31.9 Å². The number of hydrogen-bond donors (Lipinski definition) is 2. The molecule has 6 nitrogen and oxygen atoms in total. The molecule has 0 aliphatic carbocycles. The number of hydrogen-bond acceptors (Lipinski definition) is 5. The van der Waals surface area contributed by atoms with Gasteiger partial charge < -0.3 is 15.1 Å². The van der Waals surface area contributed by atoms with Crippen molar-refractivity contribution < 1.29 is 9.59 Å². The molecule has 0 unspecified atom stereocenters. The Morgan fingerprint density at radius 2 is 1.95 bits per heavy atom. The molecule has 2 amide bonds. The van der Waals surface area contributed by atoms with Gasteiger partial charge in [0.1, 0.15) is 0 Å². The summed E-state index contributed by atoms with van der Waals surface area (Å²) in [5.41, 5.74) is 2.18. The molecule has 0 radical (unpaired) electrons. The predicted octanol–water partition coefficient (Wildman–Crippen LogP) is 0.319. The van der Waals surface area contributed by atoms with Crippen LogP contribution in [-0.2, 0) is 9.59 Å². The number of carbonyl (C=O) groups is 2. The predicted molar refractivity (Wildman–Crippen MR) is 83.3 cm³/mol. The molecule has 2 N–H and O–H groups in total. The summed E-state index contributed by atoms with van der Waals surface area (Å²) in [5, 5.41) is 5.39. The van der Waals surface area contributed by atoms with Crippen molar-refractivity contribution in [1.82, 2.24) is 10.6 Å². The topological polar surface area (TPSA) is 64.7 Å². The molecule has 0 spiro atoms. The number of rotatable bonds is 5. The van der Waals surface area contributed by atoms with E-state index in [1.54, 1.807) is 6.20 Å². The van der Waals surface area contributed by atoms with Gasteiger partial charge in [-0.3, -0.25) is 14.9 Å². The molecule has 6 heteroatoms. The number of nitrogens with one attached hydrogen (secondary N) is 2. The van der Waals surface area contributed by atoms with Crippen molar-refractivity contribution in [1.29, 1.82) is 0 Å². The number of benzene rings is 1. The first kappa shape index (κ1) is 15.1. The maximum absolute atomic E-state index is 11.2. The first-order valence-electron chi connectivity index (χ1n) is 6.91. The van der Waals surface area contributed by atoms with Gasteiger partial charge in [-0.25, -0.2) is 0 Å². The SMILES string of the molecule is CN(/C=C\C(=O)NC=O)c1ccc(N2CCNCC2)cc1. The average molecular weight is 288 g/mol. The van der Waals surface area contributed by atoms with Crippen LogP contribution in [0.2, 0.25) is 0 Å². The van der Waals surface area contributed by atoms with E-state index in [9.17, 15) is 9.59 Å². The third kappa shape index (κ3) is 4.32. The molecule has 1 aliphatic rings. The van der Waals surface area contributed by atoms with E-state index in [2.05, 4.69) is 27.7 Å². The Hall–Kier alpha value is -2.34. The average Bonchev–Trinajstić information content (AvgIpc) is 2.54. The zero-order valence-electron chi connectivity index (χ0n) is 12.1. The quantitative estimate of drug-likeness (QED) is 0.603. The monoisotopic (exact) mass is 288 g/mol. The van der Waals surface area contributed by atoms with Crippen molar-refractivity contribution in [3.63, 3.8) is 0 Å². The highest BCUT2D eigenvalue weighted by Crippen LogP contribution is 2.20. The molecule has 1 heterocycles. The van der Waals surface area contributed by atoms with Gasteiger partial charge in [0.25, 0.3) is 5.91 Å². The van der Waals surface area contributed by atoms with Gasteiger partial charge in [0, 0.05) is 56.9 Å². The van der Waals surface area contributed by atoms with Crippen LogP contribution >= 0.6 is 0 Å². The van der Waals surface area contributed by atoms with E-state index in [1.807, 2.05) is 24.1 Å². The van der Waals surface area contributed by atoms with E-state index < -0.39 is 5.91 Å². The summed E-state index contributed by atoms with van der Waals surface area (Å²) in [5.74, 6) is -0.436. The molecule has 1 fully saturated rings. The van der Waals surface area contributed by atoms with Gasteiger partial charge in [0.05, 0.1) is 0 Å². The van der Waals surface area contributed by atoms with E-state index >= 15 is 0 Å². The van der Waals surface area contributed by atoms with Crippen LogP contribution in [0, 0.1) is 0 Å². The van der Waals surface area contributed by atoms with Gasteiger partial charge in [0.15, 0.2) is 0 Å². The first-order valence-corrected chi connectivity index (χ1v) is 6.91. The van der Waals surface area contributed by atoms with Crippen molar-refractivity contribution in [3.8, 4) is 0 Å². The fourth-order valence-electron chi connectivity index (χ4n) is 2.19. The lowest BCUT2D eigenvalue weighted by molar-refractivity contribution is -0.121. The number of carbonyl (C=O) groups excluding carboxylic acids is 2. The van der Waals surface area contributed by atoms with Gasteiger partial charge in [-0.1, -0.05) is 0 Å². The van der Waals surface area contributed by atoms with Crippen molar-refractivity contribution in [2.75, 3.05) is 43.0 Å². The second kappa shape index (κ2) is 7.44. The zero-order valence-corrected chi connectivity index (χ0v) is 12.1. The van der Waals surface area contributed by atoms with E-state index in [0.29, 0.717) is 6.41 Å². The fourth-order valence-corrected chi connectivity index (χ4v) is 2.19. The van der Waals surface area contributed by atoms with Crippen molar-refractivity contribution in [2.24, 2.45) is 0 Å². The van der Waals surface area contributed by atoms with Crippen LogP contribution < -0.4 is 20.4 Å². The van der Waals surface area contributed by atoms with Crippen LogP contribution in [-0.4, -0.2) is 45.5 Å². The van der Waals surface area contributed by atoms with Crippen molar-refractivity contribution in [2.45, 2.75) is 0 Å².